The van der Waals surface area contributed by atoms with Crippen molar-refractivity contribution in [2.24, 2.45) is 0 Å². The van der Waals surface area contributed by atoms with Crippen molar-refractivity contribution in [2.75, 3.05) is 0 Å². The van der Waals surface area contributed by atoms with Gasteiger partial charge in [0, 0.05) is 9.35 Å². The summed E-state index contributed by atoms with van der Waals surface area (Å²) in [5.41, 5.74) is 2.25. The SMILES string of the molecule is Brc1ccc(OCc2ccc(-c3nc4c5c6c(sc5ncn4n3)CCC6)o2)cc1. The summed E-state index contributed by atoms with van der Waals surface area (Å²) >= 11 is 5.20. The molecule has 0 spiro atoms. The second kappa shape index (κ2) is 6.67. The first-order valence-electron chi connectivity index (χ1n) is 9.38. The summed E-state index contributed by atoms with van der Waals surface area (Å²) in [6.07, 6.45) is 5.18. The zero-order valence-electron chi connectivity index (χ0n) is 15.3. The Kier molecular flexibility index (Phi) is 3.95. The molecule has 0 atom stereocenters. The minimum atomic E-state index is 0.346. The highest BCUT2D eigenvalue weighted by Gasteiger charge is 2.22. The van der Waals surface area contributed by atoms with Gasteiger partial charge in [-0.2, -0.15) is 0 Å². The molecule has 0 saturated carbocycles. The van der Waals surface area contributed by atoms with Crippen LogP contribution in [0, 0.1) is 0 Å². The van der Waals surface area contributed by atoms with Gasteiger partial charge in [-0.25, -0.2) is 14.5 Å². The van der Waals surface area contributed by atoms with E-state index in [9.17, 15) is 0 Å². The van der Waals surface area contributed by atoms with Crippen LogP contribution < -0.4 is 4.74 Å². The first-order chi connectivity index (χ1) is 14.2. The molecule has 6 rings (SSSR count). The van der Waals surface area contributed by atoms with E-state index in [4.69, 9.17) is 14.1 Å². The van der Waals surface area contributed by atoms with Crippen LogP contribution >= 0.6 is 27.3 Å². The molecule has 0 saturated heterocycles. The molecule has 0 aliphatic heterocycles. The van der Waals surface area contributed by atoms with Gasteiger partial charge in [0.2, 0.25) is 5.82 Å². The highest BCUT2D eigenvalue weighted by Crippen LogP contribution is 2.38. The highest BCUT2D eigenvalue weighted by atomic mass is 79.9. The smallest absolute Gasteiger partial charge is 0.217 e. The van der Waals surface area contributed by atoms with Gasteiger partial charge in [0.1, 0.15) is 29.3 Å². The van der Waals surface area contributed by atoms with Crippen LogP contribution in [0.3, 0.4) is 0 Å². The van der Waals surface area contributed by atoms with E-state index in [1.54, 1.807) is 22.2 Å². The summed E-state index contributed by atoms with van der Waals surface area (Å²) < 4.78 is 14.5. The van der Waals surface area contributed by atoms with Crippen molar-refractivity contribution >= 4 is 43.1 Å². The molecule has 1 aliphatic rings. The molecule has 144 valence electrons. The molecule has 8 heteroatoms. The van der Waals surface area contributed by atoms with Crippen LogP contribution in [0.25, 0.3) is 27.4 Å². The Labute approximate surface area is 178 Å². The predicted octanol–water partition coefficient (Wildman–Crippen LogP) is 5.43. The lowest BCUT2D eigenvalue weighted by atomic mass is 10.2. The number of thiophene rings is 1. The number of fused-ring (bicyclic) bond motifs is 5. The Morgan fingerprint density at radius 1 is 1.14 bits per heavy atom. The molecule has 0 fully saturated rings. The predicted molar refractivity (Wildman–Crippen MR) is 114 cm³/mol. The van der Waals surface area contributed by atoms with Gasteiger partial charge in [0.25, 0.3) is 0 Å². The monoisotopic (exact) mass is 466 g/mol. The number of ether oxygens (including phenoxy) is 1. The van der Waals surface area contributed by atoms with Crippen LogP contribution in [0.15, 0.2) is 51.6 Å². The molecule has 0 unspecified atom stereocenters. The molecular formula is C21H15BrN4O2S. The molecule has 5 aromatic rings. The van der Waals surface area contributed by atoms with Crippen LogP contribution in [0.5, 0.6) is 5.75 Å². The van der Waals surface area contributed by atoms with Gasteiger partial charge in [-0.1, -0.05) is 15.9 Å². The fourth-order valence-corrected chi connectivity index (χ4v) is 5.25. The summed E-state index contributed by atoms with van der Waals surface area (Å²) in [7, 11) is 0. The van der Waals surface area contributed by atoms with Gasteiger partial charge in [0.05, 0.1) is 5.39 Å². The van der Waals surface area contributed by atoms with Crippen molar-refractivity contribution in [1.29, 1.82) is 0 Å². The number of hydrogen-bond acceptors (Lipinski definition) is 6. The van der Waals surface area contributed by atoms with Crippen LogP contribution in [-0.4, -0.2) is 19.6 Å². The molecule has 4 aromatic heterocycles. The van der Waals surface area contributed by atoms with Crippen LogP contribution in [-0.2, 0) is 19.4 Å². The Hall–Kier alpha value is -2.71. The fourth-order valence-electron chi connectivity index (χ4n) is 3.76. The quantitative estimate of drug-likeness (QED) is 0.353. The lowest BCUT2D eigenvalue weighted by Gasteiger charge is -2.03. The average Bonchev–Trinajstić information content (AvgIpc) is 3.48. The molecule has 0 N–H and O–H groups in total. The lowest BCUT2D eigenvalue weighted by Crippen LogP contribution is -1.93. The topological polar surface area (TPSA) is 65.5 Å². The number of furan rings is 1. The van der Waals surface area contributed by atoms with E-state index in [1.807, 2.05) is 36.4 Å². The number of halogens is 1. The third-order valence-electron chi connectivity index (χ3n) is 5.12. The van der Waals surface area contributed by atoms with Crippen molar-refractivity contribution < 1.29 is 9.15 Å². The van der Waals surface area contributed by atoms with Gasteiger partial charge < -0.3 is 9.15 Å². The number of hydrogen-bond donors (Lipinski definition) is 0. The van der Waals surface area contributed by atoms with E-state index in [2.05, 4.69) is 26.0 Å². The Bertz CT molecular complexity index is 1350. The largest absolute Gasteiger partial charge is 0.486 e. The normalized spacial score (nSPS) is 13.4. The van der Waals surface area contributed by atoms with Gasteiger partial charge in [-0.3, -0.25) is 0 Å². The van der Waals surface area contributed by atoms with E-state index < -0.39 is 0 Å². The summed E-state index contributed by atoms with van der Waals surface area (Å²) in [6, 6.07) is 11.5. The molecule has 1 aromatic carbocycles. The molecule has 6 nitrogen and oxygen atoms in total. The molecule has 4 heterocycles. The van der Waals surface area contributed by atoms with Crippen molar-refractivity contribution in [3.05, 3.63) is 63.4 Å². The van der Waals surface area contributed by atoms with Gasteiger partial charge >= 0.3 is 0 Å². The Morgan fingerprint density at radius 3 is 2.93 bits per heavy atom. The minimum Gasteiger partial charge on any atom is -0.486 e. The van der Waals surface area contributed by atoms with Crippen molar-refractivity contribution in [3.63, 3.8) is 0 Å². The van der Waals surface area contributed by atoms with Gasteiger partial charge in [-0.05, 0) is 61.2 Å². The third-order valence-corrected chi connectivity index (χ3v) is 6.85. The van der Waals surface area contributed by atoms with E-state index in [0.29, 0.717) is 18.2 Å². The summed E-state index contributed by atoms with van der Waals surface area (Å²) in [4.78, 5) is 11.8. The van der Waals surface area contributed by atoms with Gasteiger partial charge in [-0.15, -0.1) is 16.4 Å². The summed E-state index contributed by atoms with van der Waals surface area (Å²) in [6.45, 7) is 0.346. The van der Waals surface area contributed by atoms with E-state index >= 15 is 0 Å². The van der Waals surface area contributed by atoms with E-state index in [1.165, 1.54) is 16.9 Å². The fraction of sp³-hybridized carbons (Fsp3) is 0.190. The van der Waals surface area contributed by atoms with Gasteiger partial charge in [0.15, 0.2) is 11.4 Å². The number of aromatic nitrogens is 4. The highest BCUT2D eigenvalue weighted by molar-refractivity contribution is 9.10. The van der Waals surface area contributed by atoms with Crippen LogP contribution in [0.2, 0.25) is 0 Å². The van der Waals surface area contributed by atoms with E-state index in [-0.39, 0.29) is 0 Å². The van der Waals surface area contributed by atoms with Crippen LogP contribution in [0.4, 0.5) is 0 Å². The second-order valence-corrected chi connectivity index (χ2v) is 8.99. The second-order valence-electron chi connectivity index (χ2n) is 6.99. The third kappa shape index (κ3) is 2.94. The number of benzene rings is 1. The molecule has 0 bridgehead atoms. The maximum Gasteiger partial charge on any atom is 0.217 e. The molecule has 1 aliphatic carbocycles. The Morgan fingerprint density at radius 2 is 2.03 bits per heavy atom. The molecule has 29 heavy (non-hydrogen) atoms. The Balaban J connectivity index is 1.31. The zero-order chi connectivity index (χ0) is 19.4. The first kappa shape index (κ1) is 17.2. The van der Waals surface area contributed by atoms with Crippen LogP contribution in [0.1, 0.15) is 22.6 Å². The first-order valence-corrected chi connectivity index (χ1v) is 11.0. The maximum absolute atomic E-state index is 5.94. The summed E-state index contributed by atoms with van der Waals surface area (Å²) in [5.74, 6) is 2.70. The number of aryl methyl sites for hydroxylation is 2. The van der Waals surface area contributed by atoms with E-state index in [0.717, 1.165) is 44.7 Å². The summed E-state index contributed by atoms with van der Waals surface area (Å²) in [5, 5.41) is 5.73. The zero-order valence-corrected chi connectivity index (χ0v) is 17.7. The molecule has 0 amide bonds. The van der Waals surface area contributed by atoms with Crippen molar-refractivity contribution in [1.82, 2.24) is 19.6 Å². The molecular weight excluding hydrogens is 452 g/mol. The van der Waals surface area contributed by atoms with Crippen molar-refractivity contribution in [2.45, 2.75) is 25.9 Å². The standard InChI is InChI=1S/C21H15BrN4O2S/c22-12-4-6-13(7-5-12)27-10-14-8-9-16(28-14)19-24-20-18-15-2-1-3-17(15)29-21(18)23-11-26(20)25-19/h4-9,11H,1-3,10H2. The number of nitrogens with zero attached hydrogens (tertiary/aromatic N) is 4. The lowest BCUT2D eigenvalue weighted by molar-refractivity contribution is 0.271. The molecule has 0 radical (unpaired) electrons. The number of rotatable bonds is 4. The average molecular weight is 467 g/mol. The van der Waals surface area contributed by atoms with Crippen molar-refractivity contribution in [3.8, 4) is 17.3 Å². The minimum absolute atomic E-state index is 0.346. The maximum atomic E-state index is 5.94.